The topological polar surface area (TPSA) is 88.1 Å². The van der Waals surface area contributed by atoms with Gasteiger partial charge in [-0.2, -0.15) is 5.10 Å². The van der Waals surface area contributed by atoms with Gasteiger partial charge in [0.25, 0.3) is 5.91 Å². The minimum atomic E-state index is -0.218. The lowest BCUT2D eigenvalue weighted by atomic mass is 9.53. The molecule has 0 atom stereocenters. The number of anilines is 1. The molecular formula is C19H29N5O2. The minimum absolute atomic E-state index is 0.0499. The summed E-state index contributed by atoms with van der Waals surface area (Å²) >= 11 is 0. The zero-order valence-electron chi connectivity index (χ0n) is 15.7. The third kappa shape index (κ3) is 3.19. The highest BCUT2D eigenvalue weighted by atomic mass is 16.2. The Morgan fingerprint density at radius 3 is 2.38 bits per heavy atom. The predicted molar refractivity (Wildman–Crippen MR) is 98.9 cm³/mol. The molecule has 26 heavy (non-hydrogen) atoms. The molecule has 1 aromatic heterocycles. The van der Waals surface area contributed by atoms with Crippen LogP contribution in [0.5, 0.6) is 0 Å². The largest absolute Gasteiger partial charge is 0.351 e. The van der Waals surface area contributed by atoms with Crippen molar-refractivity contribution in [3.8, 4) is 0 Å². The molecule has 5 rings (SSSR count). The molecule has 0 aromatic carbocycles. The first-order valence-electron chi connectivity index (χ1n) is 9.87. The lowest BCUT2D eigenvalue weighted by molar-refractivity contribution is -0.0127. The number of rotatable bonds is 5. The number of aromatic nitrogens is 2. The van der Waals surface area contributed by atoms with Gasteiger partial charge in [0.15, 0.2) is 0 Å². The maximum absolute atomic E-state index is 12.7. The first-order valence-corrected chi connectivity index (χ1v) is 9.87. The Balaban J connectivity index is 1.44. The number of hydrogen-bond acceptors (Lipinski definition) is 3. The molecule has 7 nitrogen and oxygen atoms in total. The highest BCUT2D eigenvalue weighted by Crippen LogP contribution is 2.55. The summed E-state index contributed by atoms with van der Waals surface area (Å²) in [6.45, 7) is 2.60. The van der Waals surface area contributed by atoms with Gasteiger partial charge in [-0.25, -0.2) is 4.79 Å². The van der Waals surface area contributed by atoms with Gasteiger partial charge in [0, 0.05) is 19.1 Å². The SMILES string of the molecule is CCCNC(=O)c1c(NC(=O)NC23CC4CC(CC(C4)C2)C3)cnn1C. The molecule has 0 aliphatic heterocycles. The number of carbonyl (C=O) groups excluding carboxylic acids is 2. The molecule has 4 saturated carbocycles. The summed E-state index contributed by atoms with van der Waals surface area (Å²) in [6, 6.07) is -0.218. The maximum Gasteiger partial charge on any atom is 0.319 e. The van der Waals surface area contributed by atoms with Crippen molar-refractivity contribution in [3.05, 3.63) is 11.9 Å². The number of nitrogens with one attached hydrogen (secondary N) is 3. The van der Waals surface area contributed by atoms with Crippen molar-refractivity contribution in [2.45, 2.75) is 57.4 Å². The van der Waals surface area contributed by atoms with Crippen LogP contribution in [0.1, 0.15) is 62.4 Å². The molecule has 0 unspecified atom stereocenters. The smallest absolute Gasteiger partial charge is 0.319 e. The maximum atomic E-state index is 12.7. The van der Waals surface area contributed by atoms with Gasteiger partial charge < -0.3 is 16.0 Å². The number of carbonyl (C=O) groups is 2. The molecule has 0 radical (unpaired) electrons. The molecule has 1 aromatic rings. The van der Waals surface area contributed by atoms with E-state index in [1.807, 2.05) is 6.92 Å². The van der Waals surface area contributed by atoms with Crippen molar-refractivity contribution in [2.75, 3.05) is 11.9 Å². The number of hydrogen-bond donors (Lipinski definition) is 3. The summed E-state index contributed by atoms with van der Waals surface area (Å²) in [5, 5.41) is 13.1. The molecule has 4 fully saturated rings. The minimum Gasteiger partial charge on any atom is -0.351 e. The Bertz CT molecular complexity index is 675. The van der Waals surface area contributed by atoms with Crippen LogP contribution in [0.2, 0.25) is 0 Å². The Morgan fingerprint density at radius 1 is 1.19 bits per heavy atom. The second-order valence-corrected chi connectivity index (χ2v) is 8.56. The Morgan fingerprint density at radius 2 is 1.81 bits per heavy atom. The van der Waals surface area contributed by atoms with Gasteiger partial charge in [-0.1, -0.05) is 6.92 Å². The second-order valence-electron chi connectivity index (χ2n) is 8.56. The van der Waals surface area contributed by atoms with Crippen LogP contribution >= 0.6 is 0 Å². The number of nitrogens with zero attached hydrogens (tertiary/aromatic N) is 2. The highest BCUT2D eigenvalue weighted by molar-refractivity contribution is 6.02. The van der Waals surface area contributed by atoms with Crippen molar-refractivity contribution < 1.29 is 9.59 Å². The fourth-order valence-electron chi connectivity index (χ4n) is 5.78. The van der Waals surface area contributed by atoms with E-state index in [1.54, 1.807) is 13.2 Å². The average Bonchev–Trinajstić information content (AvgIpc) is 2.91. The Hall–Kier alpha value is -2.05. The molecule has 3 amide bonds. The Kier molecular flexibility index (Phi) is 4.40. The van der Waals surface area contributed by atoms with E-state index in [1.165, 1.54) is 23.9 Å². The summed E-state index contributed by atoms with van der Waals surface area (Å²) < 4.78 is 1.51. The van der Waals surface area contributed by atoms with E-state index in [0.29, 0.717) is 17.9 Å². The standard InChI is InChI=1S/C19H29N5O2/c1-3-4-20-17(25)16-15(11-21-24(16)2)22-18(26)23-19-8-12-5-13(9-19)7-14(6-12)10-19/h11-14H,3-10H2,1-2H3,(H,20,25)(H2,22,23,26). The van der Waals surface area contributed by atoms with Crippen LogP contribution in [0, 0.1) is 17.8 Å². The van der Waals surface area contributed by atoms with E-state index in [9.17, 15) is 9.59 Å². The first-order chi connectivity index (χ1) is 12.5. The van der Waals surface area contributed by atoms with Crippen LogP contribution in [0.15, 0.2) is 6.20 Å². The van der Waals surface area contributed by atoms with Crippen molar-refractivity contribution in [2.24, 2.45) is 24.8 Å². The van der Waals surface area contributed by atoms with Crippen LogP contribution in [0.4, 0.5) is 10.5 Å². The fourth-order valence-corrected chi connectivity index (χ4v) is 5.78. The van der Waals surface area contributed by atoms with Crippen molar-refractivity contribution in [1.29, 1.82) is 0 Å². The lowest BCUT2D eigenvalue weighted by Crippen LogP contribution is -2.60. The van der Waals surface area contributed by atoms with E-state index in [-0.39, 0.29) is 17.5 Å². The molecule has 4 aliphatic rings. The van der Waals surface area contributed by atoms with E-state index >= 15 is 0 Å². The third-order valence-electron chi connectivity index (χ3n) is 6.35. The average molecular weight is 359 g/mol. The van der Waals surface area contributed by atoms with Crippen molar-refractivity contribution in [3.63, 3.8) is 0 Å². The van der Waals surface area contributed by atoms with Crippen LogP contribution < -0.4 is 16.0 Å². The number of amides is 3. The fraction of sp³-hybridized carbons (Fsp3) is 0.737. The van der Waals surface area contributed by atoms with E-state index < -0.39 is 0 Å². The quantitative estimate of drug-likeness (QED) is 0.755. The Labute approximate surface area is 154 Å². The molecule has 4 aliphatic carbocycles. The summed E-state index contributed by atoms with van der Waals surface area (Å²) in [7, 11) is 1.71. The monoisotopic (exact) mass is 359 g/mol. The van der Waals surface area contributed by atoms with Gasteiger partial charge in [0.1, 0.15) is 5.69 Å². The molecule has 3 N–H and O–H groups in total. The third-order valence-corrected chi connectivity index (χ3v) is 6.35. The zero-order chi connectivity index (χ0) is 18.3. The van der Waals surface area contributed by atoms with Gasteiger partial charge in [0.05, 0.1) is 11.9 Å². The van der Waals surface area contributed by atoms with E-state index in [0.717, 1.165) is 43.4 Å². The summed E-state index contributed by atoms with van der Waals surface area (Å²) in [5.74, 6) is 2.11. The first kappa shape index (κ1) is 17.4. The second kappa shape index (κ2) is 6.59. The van der Waals surface area contributed by atoms with Crippen LogP contribution in [0.3, 0.4) is 0 Å². The molecule has 142 valence electrons. The van der Waals surface area contributed by atoms with E-state index in [4.69, 9.17) is 0 Å². The summed E-state index contributed by atoms with van der Waals surface area (Å²) in [5.41, 5.74) is 0.800. The van der Waals surface area contributed by atoms with Crippen molar-refractivity contribution in [1.82, 2.24) is 20.4 Å². The van der Waals surface area contributed by atoms with Crippen molar-refractivity contribution >= 4 is 17.6 Å². The molecule has 4 bridgehead atoms. The van der Waals surface area contributed by atoms with Gasteiger partial charge in [0.2, 0.25) is 0 Å². The van der Waals surface area contributed by atoms with Gasteiger partial charge in [-0.3, -0.25) is 9.48 Å². The van der Waals surface area contributed by atoms with Gasteiger partial charge in [-0.15, -0.1) is 0 Å². The summed E-state index contributed by atoms with van der Waals surface area (Å²) in [6.07, 6.45) is 9.72. The zero-order valence-corrected chi connectivity index (χ0v) is 15.7. The molecule has 7 heteroatoms. The highest BCUT2D eigenvalue weighted by Gasteiger charge is 2.51. The number of aryl methyl sites for hydroxylation is 1. The lowest BCUT2D eigenvalue weighted by Gasteiger charge is -2.56. The summed E-state index contributed by atoms with van der Waals surface area (Å²) in [4.78, 5) is 25.1. The molecular weight excluding hydrogens is 330 g/mol. The van der Waals surface area contributed by atoms with Crippen LogP contribution in [-0.2, 0) is 7.05 Å². The molecule has 0 spiro atoms. The van der Waals surface area contributed by atoms with Gasteiger partial charge >= 0.3 is 6.03 Å². The van der Waals surface area contributed by atoms with Crippen LogP contribution in [-0.4, -0.2) is 33.8 Å². The van der Waals surface area contributed by atoms with E-state index in [2.05, 4.69) is 21.0 Å². The van der Waals surface area contributed by atoms with Crippen LogP contribution in [0.25, 0.3) is 0 Å². The normalized spacial score (nSPS) is 31.7. The molecule has 0 saturated heterocycles. The number of urea groups is 1. The predicted octanol–water partition coefficient (Wildman–Crippen LogP) is 2.65. The molecule has 1 heterocycles. The van der Waals surface area contributed by atoms with Gasteiger partial charge in [-0.05, 0) is 62.7 Å².